The fourth-order valence-corrected chi connectivity index (χ4v) is 4.37. The van der Waals surface area contributed by atoms with E-state index in [1.807, 2.05) is 12.3 Å². The summed E-state index contributed by atoms with van der Waals surface area (Å²) in [5.41, 5.74) is 4.96. The van der Waals surface area contributed by atoms with Crippen LogP contribution in [0.3, 0.4) is 0 Å². The topological polar surface area (TPSA) is 98.7 Å². The van der Waals surface area contributed by atoms with Gasteiger partial charge >= 0.3 is 0 Å². The first-order chi connectivity index (χ1) is 14.8. The molecule has 2 saturated carbocycles. The molecule has 1 N–H and O–H groups in total. The highest BCUT2D eigenvalue weighted by atomic mass is 15.4. The van der Waals surface area contributed by atoms with Crippen LogP contribution < -0.4 is 5.32 Å². The van der Waals surface area contributed by atoms with Gasteiger partial charge in [0.1, 0.15) is 12.7 Å². The van der Waals surface area contributed by atoms with E-state index in [4.69, 9.17) is 0 Å². The molecule has 0 amide bonds. The SMILES string of the molecule is c1cc(-c2cnn(C3CCC(Nc4cc(C5CC5)nn5cnnc45)CC3)c2)ncn1. The minimum atomic E-state index is 0.422. The predicted octanol–water partition coefficient (Wildman–Crippen LogP) is 3.25. The lowest BCUT2D eigenvalue weighted by molar-refractivity contribution is 0.313. The van der Waals surface area contributed by atoms with Crippen molar-refractivity contribution in [2.75, 3.05) is 5.32 Å². The van der Waals surface area contributed by atoms with Gasteiger partial charge in [0.2, 0.25) is 5.65 Å². The van der Waals surface area contributed by atoms with Crippen molar-refractivity contribution in [2.24, 2.45) is 0 Å². The van der Waals surface area contributed by atoms with Crippen LogP contribution in [0.25, 0.3) is 16.9 Å². The highest BCUT2D eigenvalue weighted by Crippen LogP contribution is 2.40. The van der Waals surface area contributed by atoms with Gasteiger partial charge in [-0.2, -0.15) is 14.7 Å². The van der Waals surface area contributed by atoms with E-state index in [0.29, 0.717) is 18.0 Å². The van der Waals surface area contributed by atoms with Crippen LogP contribution in [0.5, 0.6) is 0 Å². The zero-order chi connectivity index (χ0) is 19.9. The van der Waals surface area contributed by atoms with E-state index in [2.05, 4.69) is 52.6 Å². The molecule has 2 fully saturated rings. The van der Waals surface area contributed by atoms with Gasteiger partial charge in [-0.3, -0.25) is 4.68 Å². The first-order valence-electron chi connectivity index (χ1n) is 10.6. The Bertz CT molecular complexity index is 1150. The quantitative estimate of drug-likeness (QED) is 0.548. The molecule has 4 aromatic heterocycles. The van der Waals surface area contributed by atoms with Crippen molar-refractivity contribution in [1.82, 2.24) is 39.6 Å². The van der Waals surface area contributed by atoms with Crippen LogP contribution in [0.2, 0.25) is 0 Å². The van der Waals surface area contributed by atoms with Gasteiger partial charge < -0.3 is 5.32 Å². The van der Waals surface area contributed by atoms with Gasteiger partial charge in [0.05, 0.1) is 29.3 Å². The Morgan fingerprint density at radius 1 is 1.07 bits per heavy atom. The van der Waals surface area contributed by atoms with E-state index in [-0.39, 0.29) is 0 Å². The standard InChI is InChI=1S/C21H23N9/c1-2-14(1)19-9-20(21-27-24-13-30(21)28-19)26-16-3-5-17(6-4-16)29-11-15(10-25-29)18-7-8-22-12-23-18/h7-14,16-17,26H,1-6H2. The summed E-state index contributed by atoms with van der Waals surface area (Å²) < 4.78 is 3.90. The van der Waals surface area contributed by atoms with Crippen LogP contribution in [-0.4, -0.2) is 45.6 Å². The average molecular weight is 401 g/mol. The molecule has 4 heterocycles. The number of aromatic nitrogens is 8. The molecule has 4 aromatic rings. The van der Waals surface area contributed by atoms with Crippen molar-refractivity contribution >= 4 is 11.3 Å². The summed E-state index contributed by atoms with van der Waals surface area (Å²) in [4.78, 5) is 8.30. The maximum atomic E-state index is 4.66. The molecule has 0 spiro atoms. The van der Waals surface area contributed by atoms with E-state index in [1.54, 1.807) is 23.4 Å². The molecule has 0 saturated heterocycles. The summed E-state index contributed by atoms with van der Waals surface area (Å²) in [7, 11) is 0. The number of anilines is 1. The number of hydrogen-bond acceptors (Lipinski definition) is 7. The van der Waals surface area contributed by atoms with Crippen molar-refractivity contribution < 1.29 is 0 Å². The van der Waals surface area contributed by atoms with Crippen molar-refractivity contribution in [3.63, 3.8) is 0 Å². The third-order valence-electron chi connectivity index (χ3n) is 6.19. The molecule has 2 aliphatic rings. The van der Waals surface area contributed by atoms with Crippen LogP contribution >= 0.6 is 0 Å². The smallest absolute Gasteiger partial charge is 0.200 e. The van der Waals surface area contributed by atoms with E-state index < -0.39 is 0 Å². The third-order valence-corrected chi connectivity index (χ3v) is 6.19. The molecule has 0 atom stereocenters. The second-order valence-electron chi connectivity index (χ2n) is 8.31. The van der Waals surface area contributed by atoms with Crippen LogP contribution in [-0.2, 0) is 0 Å². The van der Waals surface area contributed by atoms with Gasteiger partial charge in [0.25, 0.3) is 0 Å². The zero-order valence-corrected chi connectivity index (χ0v) is 16.6. The monoisotopic (exact) mass is 401 g/mol. The first kappa shape index (κ1) is 17.5. The van der Waals surface area contributed by atoms with Gasteiger partial charge in [-0.1, -0.05) is 0 Å². The van der Waals surface area contributed by atoms with Crippen molar-refractivity contribution in [2.45, 2.75) is 56.5 Å². The summed E-state index contributed by atoms with van der Waals surface area (Å²) in [5.74, 6) is 0.594. The van der Waals surface area contributed by atoms with Crippen molar-refractivity contribution in [3.8, 4) is 11.3 Å². The van der Waals surface area contributed by atoms with Gasteiger partial charge in [-0.05, 0) is 50.7 Å². The maximum absolute atomic E-state index is 4.66. The Hall–Kier alpha value is -3.36. The largest absolute Gasteiger partial charge is 0.379 e. The fraction of sp³-hybridized carbons (Fsp3) is 0.429. The van der Waals surface area contributed by atoms with Gasteiger partial charge in [0, 0.05) is 29.9 Å². The summed E-state index contributed by atoms with van der Waals surface area (Å²) in [6, 6.07) is 4.94. The molecule has 0 unspecified atom stereocenters. The van der Waals surface area contributed by atoms with Gasteiger partial charge in [-0.15, -0.1) is 10.2 Å². The van der Waals surface area contributed by atoms with E-state index in [0.717, 1.165) is 54.0 Å². The Morgan fingerprint density at radius 2 is 1.97 bits per heavy atom. The highest BCUT2D eigenvalue weighted by molar-refractivity contribution is 5.67. The van der Waals surface area contributed by atoms with Crippen molar-refractivity contribution in [3.05, 3.63) is 49.1 Å². The summed E-state index contributed by atoms with van der Waals surface area (Å²) in [6.45, 7) is 0. The molecule has 9 heteroatoms. The third kappa shape index (κ3) is 3.30. The van der Waals surface area contributed by atoms with Crippen LogP contribution in [0.4, 0.5) is 5.69 Å². The Labute approximate surface area is 173 Å². The van der Waals surface area contributed by atoms with E-state index >= 15 is 0 Å². The number of nitrogens with zero attached hydrogens (tertiary/aromatic N) is 8. The lowest BCUT2D eigenvalue weighted by Crippen LogP contribution is -2.28. The zero-order valence-electron chi connectivity index (χ0n) is 16.6. The van der Waals surface area contributed by atoms with Gasteiger partial charge in [-0.25, -0.2) is 9.97 Å². The Morgan fingerprint density at radius 3 is 2.77 bits per heavy atom. The lowest BCUT2D eigenvalue weighted by atomic mass is 9.91. The van der Waals surface area contributed by atoms with Crippen LogP contribution in [0.1, 0.15) is 56.2 Å². The molecule has 0 bridgehead atoms. The number of fused-ring (bicyclic) bond motifs is 1. The van der Waals surface area contributed by atoms with E-state index in [9.17, 15) is 0 Å². The molecule has 152 valence electrons. The average Bonchev–Trinajstić information content (AvgIpc) is 3.32. The molecule has 9 nitrogen and oxygen atoms in total. The number of rotatable bonds is 5. The minimum Gasteiger partial charge on any atom is -0.379 e. The fourth-order valence-electron chi connectivity index (χ4n) is 4.37. The normalized spacial score (nSPS) is 21.7. The second kappa shape index (κ2) is 7.16. The molecular weight excluding hydrogens is 378 g/mol. The molecule has 0 aliphatic heterocycles. The first-order valence-corrected chi connectivity index (χ1v) is 10.6. The predicted molar refractivity (Wildman–Crippen MR) is 111 cm³/mol. The number of nitrogens with one attached hydrogen (secondary N) is 1. The highest BCUT2D eigenvalue weighted by Gasteiger charge is 2.28. The van der Waals surface area contributed by atoms with Gasteiger partial charge in [0.15, 0.2) is 0 Å². The second-order valence-corrected chi connectivity index (χ2v) is 8.31. The lowest BCUT2D eigenvalue weighted by Gasteiger charge is -2.30. The summed E-state index contributed by atoms with van der Waals surface area (Å²) in [5, 5.41) is 21.3. The molecule has 0 aromatic carbocycles. The van der Waals surface area contributed by atoms with Crippen LogP contribution in [0.15, 0.2) is 43.4 Å². The minimum absolute atomic E-state index is 0.422. The molecule has 2 aliphatic carbocycles. The molecular formula is C21H23N9. The Balaban J connectivity index is 1.14. The van der Waals surface area contributed by atoms with Crippen LogP contribution in [0, 0.1) is 0 Å². The van der Waals surface area contributed by atoms with E-state index in [1.165, 1.54) is 12.8 Å². The maximum Gasteiger partial charge on any atom is 0.200 e. The van der Waals surface area contributed by atoms with Crippen molar-refractivity contribution in [1.29, 1.82) is 0 Å². The molecule has 30 heavy (non-hydrogen) atoms. The summed E-state index contributed by atoms with van der Waals surface area (Å²) >= 11 is 0. The summed E-state index contributed by atoms with van der Waals surface area (Å²) in [6.07, 6.45) is 15.8. The molecule has 0 radical (unpaired) electrons. The molecule has 6 rings (SSSR count). The number of hydrogen-bond donors (Lipinski definition) is 1. The Kier molecular flexibility index (Phi) is 4.17.